The van der Waals surface area contributed by atoms with Crippen LogP contribution in [0.5, 0.6) is 0 Å². The van der Waals surface area contributed by atoms with E-state index in [1.54, 1.807) is 0 Å². The summed E-state index contributed by atoms with van der Waals surface area (Å²) in [5, 5.41) is 10.5. The molecule has 0 aromatic heterocycles. The van der Waals surface area contributed by atoms with Gasteiger partial charge in [0.15, 0.2) is 0 Å². The predicted octanol–water partition coefficient (Wildman–Crippen LogP) is 2.93. The van der Waals surface area contributed by atoms with Gasteiger partial charge in [-0.05, 0) is 18.3 Å². The largest absolute Gasteiger partial charge is 0.300 e. The average Bonchev–Trinajstić information content (AvgIpc) is 1.97. The Hall–Kier alpha value is -0.930. The third-order valence-corrected chi connectivity index (χ3v) is 2.36. The van der Waals surface area contributed by atoms with Crippen molar-refractivity contribution in [1.29, 1.82) is 0 Å². The second-order valence-corrected chi connectivity index (χ2v) is 5.35. The van der Waals surface area contributed by atoms with Crippen LogP contribution in [-0.4, -0.2) is 17.3 Å². The Balaban J connectivity index is 4.19. The summed E-state index contributed by atoms with van der Waals surface area (Å²) in [4.78, 5) is 21.8. The van der Waals surface area contributed by atoms with Crippen LogP contribution in [0.4, 0.5) is 0 Å². The number of carbonyl (C=O) groups excluding carboxylic acids is 1. The van der Waals surface area contributed by atoms with Crippen LogP contribution >= 0.6 is 0 Å². The summed E-state index contributed by atoms with van der Waals surface area (Å²) in [5.74, 6) is 0.795. The highest BCUT2D eigenvalue weighted by Gasteiger charge is 2.20. The van der Waals surface area contributed by atoms with Crippen molar-refractivity contribution in [3.05, 3.63) is 10.1 Å². The van der Waals surface area contributed by atoms with Gasteiger partial charge in [0.2, 0.25) is 6.54 Å². The van der Waals surface area contributed by atoms with Gasteiger partial charge in [-0.3, -0.25) is 14.9 Å². The van der Waals surface area contributed by atoms with E-state index in [4.69, 9.17) is 0 Å². The predicted molar refractivity (Wildman–Crippen MR) is 63.9 cm³/mol. The smallest absolute Gasteiger partial charge is 0.207 e. The van der Waals surface area contributed by atoms with Gasteiger partial charge >= 0.3 is 0 Å². The summed E-state index contributed by atoms with van der Waals surface area (Å²) >= 11 is 0. The van der Waals surface area contributed by atoms with E-state index in [1.165, 1.54) is 0 Å². The van der Waals surface area contributed by atoms with Crippen molar-refractivity contribution in [2.45, 2.75) is 47.0 Å². The number of nitro groups is 1. The number of carbonyl (C=O) groups is 1. The van der Waals surface area contributed by atoms with Gasteiger partial charge in [0.05, 0.1) is 0 Å². The quantitative estimate of drug-likeness (QED) is 0.475. The number of rotatable bonds is 8. The minimum Gasteiger partial charge on any atom is -0.300 e. The molecular weight excluding hydrogens is 206 g/mol. The van der Waals surface area contributed by atoms with Crippen LogP contribution in [-0.2, 0) is 4.79 Å². The van der Waals surface area contributed by atoms with E-state index in [-0.39, 0.29) is 23.2 Å². The summed E-state index contributed by atoms with van der Waals surface area (Å²) in [6.45, 7) is 7.95. The molecule has 0 unspecified atom stereocenters. The monoisotopic (exact) mass is 229 g/mol. The lowest BCUT2D eigenvalue weighted by Crippen LogP contribution is -2.20. The maximum absolute atomic E-state index is 11.6. The van der Waals surface area contributed by atoms with E-state index in [0.29, 0.717) is 24.7 Å². The molecule has 0 aromatic rings. The number of Topliss-reactive ketones (excluding diaryl/α,β-unsaturated/α-hetero) is 1. The molecule has 16 heavy (non-hydrogen) atoms. The Morgan fingerprint density at radius 3 is 2.06 bits per heavy atom. The minimum absolute atomic E-state index is 0.0813. The molecule has 0 aliphatic carbocycles. The first-order valence-corrected chi connectivity index (χ1v) is 5.94. The molecule has 4 nitrogen and oxygen atoms in total. The third kappa shape index (κ3) is 8.38. The van der Waals surface area contributed by atoms with Crippen LogP contribution in [0.3, 0.4) is 0 Å². The van der Waals surface area contributed by atoms with Crippen LogP contribution in [0.15, 0.2) is 0 Å². The van der Waals surface area contributed by atoms with Crippen molar-refractivity contribution in [1.82, 2.24) is 0 Å². The topological polar surface area (TPSA) is 60.2 Å². The van der Waals surface area contributed by atoms with E-state index in [2.05, 4.69) is 0 Å². The Morgan fingerprint density at radius 1 is 1.12 bits per heavy atom. The number of nitrogens with zero attached hydrogens (tertiary/aromatic N) is 1. The molecule has 1 atom stereocenters. The van der Waals surface area contributed by atoms with E-state index in [9.17, 15) is 14.9 Å². The van der Waals surface area contributed by atoms with E-state index in [0.717, 1.165) is 6.42 Å². The molecule has 0 fully saturated rings. The molecule has 0 bridgehead atoms. The van der Waals surface area contributed by atoms with Crippen molar-refractivity contribution in [3.63, 3.8) is 0 Å². The van der Waals surface area contributed by atoms with Crippen molar-refractivity contribution >= 4 is 5.78 Å². The molecule has 0 aromatic carbocycles. The number of ketones is 1. The van der Waals surface area contributed by atoms with Gasteiger partial charge in [0.1, 0.15) is 5.78 Å². The lowest BCUT2D eigenvalue weighted by atomic mass is 9.90. The van der Waals surface area contributed by atoms with E-state index >= 15 is 0 Å². The van der Waals surface area contributed by atoms with Gasteiger partial charge in [0.25, 0.3) is 0 Å². The zero-order valence-corrected chi connectivity index (χ0v) is 10.7. The van der Waals surface area contributed by atoms with Gasteiger partial charge in [-0.1, -0.05) is 27.7 Å². The molecule has 0 rings (SSSR count). The lowest BCUT2D eigenvalue weighted by Gasteiger charge is -2.14. The zero-order chi connectivity index (χ0) is 12.7. The van der Waals surface area contributed by atoms with E-state index in [1.807, 2.05) is 27.7 Å². The first-order chi connectivity index (χ1) is 7.31. The molecule has 0 N–H and O–H groups in total. The highest BCUT2D eigenvalue weighted by molar-refractivity contribution is 5.78. The highest BCUT2D eigenvalue weighted by atomic mass is 16.6. The summed E-state index contributed by atoms with van der Waals surface area (Å²) in [5.41, 5.74) is 0. The normalized spacial score (nSPS) is 13.1. The molecule has 94 valence electrons. The van der Waals surface area contributed by atoms with Gasteiger partial charge in [-0.25, -0.2) is 0 Å². The first-order valence-electron chi connectivity index (χ1n) is 5.94. The van der Waals surface area contributed by atoms with E-state index < -0.39 is 0 Å². The number of hydrogen-bond donors (Lipinski definition) is 0. The summed E-state index contributed by atoms with van der Waals surface area (Å²) < 4.78 is 0. The first kappa shape index (κ1) is 15.1. The molecule has 0 heterocycles. The average molecular weight is 229 g/mol. The molecule has 0 aliphatic rings. The molecule has 0 amide bonds. The fourth-order valence-corrected chi connectivity index (χ4v) is 1.96. The van der Waals surface area contributed by atoms with Gasteiger partial charge in [-0.15, -0.1) is 0 Å². The molecule has 0 radical (unpaired) electrons. The molecule has 0 saturated carbocycles. The van der Waals surface area contributed by atoms with Gasteiger partial charge in [0, 0.05) is 23.7 Å². The van der Waals surface area contributed by atoms with Crippen LogP contribution < -0.4 is 0 Å². The zero-order valence-electron chi connectivity index (χ0n) is 10.7. The van der Waals surface area contributed by atoms with Gasteiger partial charge < -0.3 is 0 Å². The van der Waals surface area contributed by atoms with Gasteiger partial charge in [-0.2, -0.15) is 0 Å². The Kier molecular flexibility index (Phi) is 6.93. The second-order valence-electron chi connectivity index (χ2n) is 5.35. The van der Waals surface area contributed by atoms with Crippen LogP contribution in [0.1, 0.15) is 47.0 Å². The SMILES string of the molecule is CC(C)CC(=O)C[C@@H](CC(C)C)C[N+](=O)[O-]. The van der Waals surface area contributed by atoms with Crippen molar-refractivity contribution in [2.24, 2.45) is 17.8 Å². The van der Waals surface area contributed by atoms with Crippen molar-refractivity contribution in [2.75, 3.05) is 6.54 Å². The minimum atomic E-state index is -0.310. The number of hydrogen-bond acceptors (Lipinski definition) is 3. The summed E-state index contributed by atoms with van der Waals surface area (Å²) in [6, 6.07) is 0. The summed E-state index contributed by atoms with van der Waals surface area (Å²) in [7, 11) is 0. The highest BCUT2D eigenvalue weighted by Crippen LogP contribution is 2.18. The third-order valence-electron chi connectivity index (χ3n) is 2.36. The maximum Gasteiger partial charge on any atom is 0.207 e. The molecule has 0 aliphatic heterocycles. The molecule has 0 spiro atoms. The van der Waals surface area contributed by atoms with Crippen LogP contribution in [0.25, 0.3) is 0 Å². The molecular formula is C12H23NO3. The molecule has 0 saturated heterocycles. The van der Waals surface area contributed by atoms with Crippen LogP contribution in [0, 0.1) is 27.9 Å². The lowest BCUT2D eigenvalue weighted by molar-refractivity contribution is -0.488. The van der Waals surface area contributed by atoms with Crippen molar-refractivity contribution < 1.29 is 9.72 Å². The second kappa shape index (κ2) is 7.36. The summed E-state index contributed by atoms with van der Waals surface area (Å²) in [6.07, 6.45) is 1.65. The standard InChI is InChI=1S/C12H23NO3/c1-9(2)5-11(8-13(15)16)7-12(14)6-10(3)4/h9-11H,5-8H2,1-4H3/t11-/m1/s1. The maximum atomic E-state index is 11.6. The molecule has 4 heteroatoms. The van der Waals surface area contributed by atoms with Crippen molar-refractivity contribution in [3.8, 4) is 0 Å². The Labute approximate surface area is 97.6 Å². The fourth-order valence-electron chi connectivity index (χ4n) is 1.96. The Morgan fingerprint density at radius 2 is 1.69 bits per heavy atom. The van der Waals surface area contributed by atoms with Crippen LogP contribution in [0.2, 0.25) is 0 Å². The fraction of sp³-hybridized carbons (Fsp3) is 0.917. The Bertz CT molecular complexity index is 236.